The van der Waals surface area contributed by atoms with Crippen LogP contribution < -0.4 is 5.73 Å². The average molecular weight is 228 g/mol. The second kappa shape index (κ2) is 4.18. The number of nitrogens with two attached hydrogens (primary N) is 1. The molecule has 1 aromatic heterocycles. The van der Waals surface area contributed by atoms with Crippen LogP contribution in [0.4, 0.5) is 5.69 Å². The normalized spacial score (nSPS) is 14.3. The monoisotopic (exact) mass is 228 g/mol. The highest BCUT2D eigenvalue weighted by Crippen LogP contribution is 2.33. The highest BCUT2D eigenvalue weighted by molar-refractivity contribution is 5.52. The second-order valence-corrected chi connectivity index (χ2v) is 4.35. The van der Waals surface area contributed by atoms with Crippen molar-refractivity contribution in [2.75, 3.05) is 5.73 Å². The highest BCUT2D eigenvalue weighted by Gasteiger charge is 2.29. The predicted molar refractivity (Wildman–Crippen MR) is 68.5 cm³/mol. The molecule has 0 fully saturated rings. The molecule has 0 radical (unpaired) electrons. The van der Waals surface area contributed by atoms with Gasteiger partial charge >= 0.3 is 0 Å². The van der Waals surface area contributed by atoms with Crippen LogP contribution >= 0.6 is 0 Å². The molecule has 2 rings (SSSR count). The maximum atomic E-state index is 10.7. The lowest BCUT2D eigenvalue weighted by molar-refractivity contribution is 0.102. The fraction of sp³-hybridized carbons (Fsp3) is 0.214. The fourth-order valence-electron chi connectivity index (χ4n) is 2.08. The molecule has 1 heterocycles. The third-order valence-corrected chi connectivity index (χ3v) is 3.05. The van der Waals surface area contributed by atoms with Crippen molar-refractivity contribution in [1.29, 1.82) is 0 Å². The quantitative estimate of drug-likeness (QED) is 0.828. The van der Waals surface area contributed by atoms with Crippen LogP contribution in [0.1, 0.15) is 23.6 Å². The topological polar surface area (TPSA) is 59.1 Å². The van der Waals surface area contributed by atoms with Gasteiger partial charge in [-0.1, -0.05) is 24.3 Å². The predicted octanol–water partition coefficient (Wildman–Crippen LogP) is 2.23. The molecule has 0 bridgehead atoms. The molecule has 0 saturated carbocycles. The molecule has 0 aliphatic carbocycles. The second-order valence-electron chi connectivity index (χ2n) is 4.35. The molecule has 3 heteroatoms. The van der Waals surface area contributed by atoms with Crippen LogP contribution in [0.15, 0.2) is 42.7 Å². The summed E-state index contributed by atoms with van der Waals surface area (Å²) in [5.74, 6) is 0. The molecule has 1 atom stereocenters. The van der Waals surface area contributed by atoms with Crippen LogP contribution in [0.25, 0.3) is 0 Å². The Kier molecular flexibility index (Phi) is 2.86. The van der Waals surface area contributed by atoms with E-state index in [1.54, 1.807) is 25.4 Å². The molecular formula is C14H16N2O. The summed E-state index contributed by atoms with van der Waals surface area (Å²) >= 11 is 0. The van der Waals surface area contributed by atoms with Crippen LogP contribution in [0.3, 0.4) is 0 Å². The fourth-order valence-corrected chi connectivity index (χ4v) is 2.08. The number of nitrogen functional groups attached to an aromatic ring is 1. The Hall–Kier alpha value is -1.87. The van der Waals surface area contributed by atoms with Crippen LogP contribution in [-0.4, -0.2) is 10.1 Å². The molecule has 0 spiro atoms. The summed E-state index contributed by atoms with van der Waals surface area (Å²) in [6, 6.07) is 9.42. The first-order valence-electron chi connectivity index (χ1n) is 5.52. The Morgan fingerprint density at radius 3 is 2.53 bits per heavy atom. The molecule has 0 amide bonds. The summed E-state index contributed by atoms with van der Waals surface area (Å²) in [4.78, 5) is 4.03. The summed E-state index contributed by atoms with van der Waals surface area (Å²) in [5.41, 5.74) is 7.83. The van der Waals surface area contributed by atoms with Gasteiger partial charge in [0.05, 0.1) is 0 Å². The Bertz CT molecular complexity index is 488. The van der Waals surface area contributed by atoms with Gasteiger partial charge in [0.1, 0.15) is 5.60 Å². The molecule has 3 nitrogen and oxygen atoms in total. The van der Waals surface area contributed by atoms with Crippen LogP contribution in [-0.2, 0) is 5.60 Å². The first-order chi connectivity index (χ1) is 8.03. The third kappa shape index (κ3) is 2.01. The summed E-state index contributed by atoms with van der Waals surface area (Å²) in [6.07, 6.45) is 3.23. The largest absolute Gasteiger partial charge is 0.398 e. The minimum atomic E-state index is -1.12. The summed E-state index contributed by atoms with van der Waals surface area (Å²) in [7, 11) is 0. The molecule has 0 saturated heterocycles. The zero-order chi connectivity index (χ0) is 12.5. The van der Waals surface area contributed by atoms with E-state index in [1.165, 1.54) is 0 Å². The van der Waals surface area contributed by atoms with Crippen molar-refractivity contribution in [2.45, 2.75) is 19.4 Å². The van der Waals surface area contributed by atoms with Gasteiger partial charge in [-0.05, 0) is 31.0 Å². The lowest BCUT2D eigenvalue weighted by Gasteiger charge is -2.27. The van der Waals surface area contributed by atoms with Crippen molar-refractivity contribution in [3.8, 4) is 0 Å². The molecule has 1 unspecified atom stereocenters. The van der Waals surface area contributed by atoms with Crippen molar-refractivity contribution < 1.29 is 5.11 Å². The van der Waals surface area contributed by atoms with E-state index in [0.717, 1.165) is 11.1 Å². The first kappa shape index (κ1) is 11.6. The molecule has 1 aromatic carbocycles. The van der Waals surface area contributed by atoms with Gasteiger partial charge in [0.15, 0.2) is 0 Å². The molecule has 0 aliphatic heterocycles. The number of hydrogen-bond acceptors (Lipinski definition) is 3. The third-order valence-electron chi connectivity index (χ3n) is 3.05. The SMILES string of the molecule is Cc1ccccc1C(C)(O)c1cnccc1N. The maximum absolute atomic E-state index is 10.7. The minimum absolute atomic E-state index is 0.549. The minimum Gasteiger partial charge on any atom is -0.398 e. The molecule has 88 valence electrons. The summed E-state index contributed by atoms with van der Waals surface area (Å²) in [6.45, 7) is 3.71. The van der Waals surface area contributed by atoms with Crippen LogP contribution in [0.2, 0.25) is 0 Å². The van der Waals surface area contributed by atoms with E-state index >= 15 is 0 Å². The van der Waals surface area contributed by atoms with Crippen LogP contribution in [0, 0.1) is 6.92 Å². The maximum Gasteiger partial charge on any atom is 0.116 e. The van der Waals surface area contributed by atoms with E-state index in [1.807, 2.05) is 31.2 Å². The number of pyridine rings is 1. The Morgan fingerprint density at radius 1 is 1.18 bits per heavy atom. The van der Waals surface area contributed by atoms with E-state index in [9.17, 15) is 5.11 Å². The number of anilines is 1. The van der Waals surface area contributed by atoms with E-state index in [4.69, 9.17) is 5.73 Å². The summed E-state index contributed by atoms with van der Waals surface area (Å²) < 4.78 is 0. The van der Waals surface area contributed by atoms with Gasteiger partial charge in [0.2, 0.25) is 0 Å². The Balaban J connectivity index is 2.58. The first-order valence-corrected chi connectivity index (χ1v) is 5.52. The molecular weight excluding hydrogens is 212 g/mol. The summed E-state index contributed by atoms with van der Waals surface area (Å²) in [5, 5.41) is 10.7. The van der Waals surface area contributed by atoms with Crippen molar-refractivity contribution in [2.24, 2.45) is 0 Å². The van der Waals surface area contributed by atoms with Crippen molar-refractivity contribution in [3.63, 3.8) is 0 Å². The number of benzene rings is 1. The van der Waals surface area contributed by atoms with Gasteiger partial charge in [0, 0.05) is 23.6 Å². The Labute approximate surface area is 101 Å². The van der Waals surface area contributed by atoms with Gasteiger partial charge in [-0.25, -0.2) is 0 Å². The molecule has 0 aliphatic rings. The Morgan fingerprint density at radius 2 is 1.88 bits per heavy atom. The number of nitrogens with zero attached hydrogens (tertiary/aromatic N) is 1. The van der Waals surface area contributed by atoms with Gasteiger partial charge in [0.25, 0.3) is 0 Å². The average Bonchev–Trinajstić information content (AvgIpc) is 2.29. The zero-order valence-electron chi connectivity index (χ0n) is 10.0. The number of aromatic nitrogens is 1. The number of aliphatic hydroxyl groups is 1. The number of hydrogen-bond donors (Lipinski definition) is 2. The van der Waals surface area contributed by atoms with E-state index in [2.05, 4.69) is 4.98 Å². The van der Waals surface area contributed by atoms with E-state index < -0.39 is 5.60 Å². The molecule has 3 N–H and O–H groups in total. The zero-order valence-corrected chi connectivity index (χ0v) is 10.0. The lowest BCUT2D eigenvalue weighted by Crippen LogP contribution is -2.25. The number of aryl methyl sites for hydroxylation is 1. The van der Waals surface area contributed by atoms with E-state index in [0.29, 0.717) is 11.3 Å². The van der Waals surface area contributed by atoms with E-state index in [-0.39, 0.29) is 0 Å². The lowest BCUT2D eigenvalue weighted by atomic mass is 9.86. The van der Waals surface area contributed by atoms with Crippen molar-refractivity contribution >= 4 is 5.69 Å². The van der Waals surface area contributed by atoms with Gasteiger partial charge in [-0.2, -0.15) is 0 Å². The number of rotatable bonds is 2. The van der Waals surface area contributed by atoms with Gasteiger partial charge in [-0.3, -0.25) is 4.98 Å². The standard InChI is InChI=1S/C14H16N2O/c1-10-5-3-4-6-11(10)14(2,17)12-9-16-8-7-13(12)15/h3-9,17H,1-2H3,(H2,15,16). The van der Waals surface area contributed by atoms with Gasteiger partial charge in [-0.15, -0.1) is 0 Å². The van der Waals surface area contributed by atoms with Crippen molar-refractivity contribution in [3.05, 3.63) is 59.4 Å². The van der Waals surface area contributed by atoms with Gasteiger partial charge < -0.3 is 10.8 Å². The van der Waals surface area contributed by atoms with Crippen molar-refractivity contribution in [1.82, 2.24) is 4.98 Å². The molecule has 17 heavy (non-hydrogen) atoms. The molecule has 2 aromatic rings. The highest BCUT2D eigenvalue weighted by atomic mass is 16.3. The van der Waals surface area contributed by atoms with Crippen LogP contribution in [0.5, 0.6) is 0 Å². The smallest absolute Gasteiger partial charge is 0.116 e.